The van der Waals surface area contributed by atoms with Crippen molar-refractivity contribution in [3.63, 3.8) is 0 Å². The third kappa shape index (κ3) is 2.44. The lowest BCUT2D eigenvalue weighted by Crippen LogP contribution is -2.25. The summed E-state index contributed by atoms with van der Waals surface area (Å²) in [5.74, 6) is 0.355. The predicted molar refractivity (Wildman–Crippen MR) is 75.6 cm³/mol. The van der Waals surface area contributed by atoms with Crippen LogP contribution in [0.4, 0.5) is 5.69 Å². The van der Waals surface area contributed by atoms with E-state index >= 15 is 0 Å². The van der Waals surface area contributed by atoms with Crippen LogP contribution in [0.5, 0.6) is 0 Å². The van der Waals surface area contributed by atoms with E-state index in [1.54, 1.807) is 0 Å². The van der Waals surface area contributed by atoms with Gasteiger partial charge in [0.15, 0.2) is 0 Å². The van der Waals surface area contributed by atoms with Crippen molar-refractivity contribution >= 4 is 23.5 Å². The van der Waals surface area contributed by atoms with Crippen molar-refractivity contribution in [3.8, 4) is 0 Å². The molecule has 2 heteroatoms. The molecule has 0 fully saturated rings. The van der Waals surface area contributed by atoms with Gasteiger partial charge in [-0.05, 0) is 30.2 Å². The molecule has 0 amide bonds. The molecule has 0 aromatic heterocycles. The van der Waals surface area contributed by atoms with Gasteiger partial charge < -0.3 is 0 Å². The van der Waals surface area contributed by atoms with E-state index in [0.717, 1.165) is 17.1 Å². The highest BCUT2D eigenvalue weighted by Crippen LogP contribution is 2.44. The second-order valence-electron chi connectivity index (χ2n) is 5.10. The summed E-state index contributed by atoms with van der Waals surface area (Å²) in [5, 5.41) is 0.784. The van der Waals surface area contributed by atoms with Crippen LogP contribution in [0.15, 0.2) is 35.3 Å². The van der Waals surface area contributed by atoms with Gasteiger partial charge in [0.2, 0.25) is 0 Å². The average molecular weight is 248 g/mol. The Labute approximate surface area is 108 Å². The van der Waals surface area contributed by atoms with E-state index in [2.05, 4.69) is 37.9 Å². The minimum atomic E-state index is 0.0450. The molecule has 1 aliphatic heterocycles. The van der Waals surface area contributed by atoms with Crippen LogP contribution in [-0.2, 0) is 0 Å². The molecule has 90 valence electrons. The molecule has 0 saturated carbocycles. The van der Waals surface area contributed by atoms with Gasteiger partial charge in [-0.2, -0.15) is 0 Å². The van der Waals surface area contributed by atoms with Gasteiger partial charge in [-0.25, -0.2) is 0 Å². The number of nitrogens with zero attached hydrogens (tertiary/aromatic N) is 1. The average Bonchev–Trinajstić information content (AvgIpc) is 2.27. The van der Waals surface area contributed by atoms with Crippen molar-refractivity contribution < 1.29 is 0 Å². The second kappa shape index (κ2) is 4.66. The number of allylic oxidation sites excluding steroid dienone is 2. The summed E-state index contributed by atoms with van der Waals surface area (Å²) < 4.78 is 0. The number of fused-ring (bicyclic) bond motifs is 1. The number of benzene rings is 1. The van der Waals surface area contributed by atoms with Crippen molar-refractivity contribution in [2.75, 3.05) is 0 Å². The second-order valence-corrected chi connectivity index (χ2v) is 5.53. The highest BCUT2D eigenvalue weighted by molar-refractivity contribution is 6.30. The normalized spacial score (nSPS) is 21.8. The molecule has 0 aliphatic carbocycles. The first kappa shape index (κ1) is 12.4. The molecule has 1 aromatic carbocycles. The van der Waals surface area contributed by atoms with Crippen LogP contribution in [0.25, 0.3) is 0 Å². The first-order valence-electron chi connectivity index (χ1n) is 6.06. The number of halogens is 1. The summed E-state index contributed by atoms with van der Waals surface area (Å²) in [5.41, 5.74) is 2.32. The smallest absolute Gasteiger partial charge is 0.0665 e. The first-order chi connectivity index (χ1) is 8.04. The Kier molecular flexibility index (Phi) is 3.39. The molecule has 1 nitrogen and oxygen atoms in total. The molecule has 2 rings (SSSR count). The lowest BCUT2D eigenvalue weighted by Gasteiger charge is -2.33. The molecule has 0 saturated heterocycles. The maximum Gasteiger partial charge on any atom is 0.0665 e. The van der Waals surface area contributed by atoms with Crippen LogP contribution in [-0.4, -0.2) is 6.21 Å². The molecule has 1 aliphatic rings. The third-order valence-corrected chi connectivity index (χ3v) is 3.46. The van der Waals surface area contributed by atoms with Crippen LogP contribution in [0.1, 0.15) is 38.7 Å². The monoisotopic (exact) mass is 247 g/mol. The zero-order valence-corrected chi connectivity index (χ0v) is 11.3. The molecule has 0 bridgehead atoms. The highest BCUT2D eigenvalue weighted by atomic mass is 35.5. The maximum absolute atomic E-state index is 6.09. The Morgan fingerprint density at radius 2 is 2.18 bits per heavy atom. The van der Waals surface area contributed by atoms with E-state index in [1.807, 2.05) is 24.4 Å². The zero-order chi connectivity index (χ0) is 12.5. The quantitative estimate of drug-likeness (QED) is 0.643. The van der Waals surface area contributed by atoms with Crippen molar-refractivity contribution in [1.82, 2.24) is 0 Å². The minimum absolute atomic E-state index is 0.0450. The van der Waals surface area contributed by atoms with E-state index < -0.39 is 0 Å². The fourth-order valence-electron chi connectivity index (χ4n) is 2.23. The fourth-order valence-corrected chi connectivity index (χ4v) is 2.41. The van der Waals surface area contributed by atoms with Crippen LogP contribution in [0.3, 0.4) is 0 Å². The van der Waals surface area contributed by atoms with Crippen molar-refractivity contribution in [2.45, 2.75) is 33.1 Å². The van der Waals surface area contributed by atoms with Gasteiger partial charge in [0.25, 0.3) is 0 Å². The molecule has 0 spiro atoms. The third-order valence-electron chi connectivity index (χ3n) is 3.23. The Hall–Kier alpha value is -1.08. The van der Waals surface area contributed by atoms with E-state index in [0.29, 0.717) is 5.92 Å². The number of rotatable bonds is 2. The Morgan fingerprint density at radius 3 is 2.88 bits per heavy atom. The molecule has 1 heterocycles. The van der Waals surface area contributed by atoms with E-state index in [4.69, 9.17) is 11.6 Å². The van der Waals surface area contributed by atoms with Gasteiger partial charge in [-0.3, -0.25) is 4.99 Å². The van der Waals surface area contributed by atoms with Crippen LogP contribution in [0.2, 0.25) is 5.02 Å². The molecule has 1 aromatic rings. The van der Waals surface area contributed by atoms with Gasteiger partial charge in [-0.15, -0.1) is 0 Å². The van der Waals surface area contributed by atoms with Crippen molar-refractivity contribution in [1.29, 1.82) is 0 Å². The van der Waals surface area contributed by atoms with Crippen molar-refractivity contribution in [2.24, 2.45) is 10.4 Å². The van der Waals surface area contributed by atoms with Gasteiger partial charge in [0, 0.05) is 22.6 Å². The summed E-state index contributed by atoms with van der Waals surface area (Å²) in [7, 11) is 0. The van der Waals surface area contributed by atoms with Crippen molar-refractivity contribution in [3.05, 3.63) is 40.9 Å². The van der Waals surface area contributed by atoms with Crippen LogP contribution < -0.4 is 0 Å². The molecule has 0 radical (unpaired) electrons. The SMILES string of the molecule is CCC=CC1c2cc(Cl)ccc2N=CC1(C)C. The Bertz CT molecular complexity index is 472. The zero-order valence-electron chi connectivity index (χ0n) is 10.6. The molecular formula is C15H18ClN. The van der Waals surface area contributed by atoms with E-state index in [-0.39, 0.29) is 5.41 Å². The Balaban J connectivity index is 2.51. The minimum Gasteiger partial charge on any atom is -0.260 e. The van der Waals surface area contributed by atoms with E-state index in [1.165, 1.54) is 5.56 Å². The van der Waals surface area contributed by atoms with Gasteiger partial charge in [0.1, 0.15) is 0 Å². The predicted octanol–water partition coefficient (Wildman–Crippen LogP) is 5.13. The standard InChI is InChI=1S/C15H18ClN/c1-4-5-6-13-12-9-11(16)7-8-14(12)17-10-15(13,2)3/h5-10,13H,4H2,1-3H3. The largest absolute Gasteiger partial charge is 0.260 e. The Morgan fingerprint density at radius 1 is 1.41 bits per heavy atom. The molecular weight excluding hydrogens is 230 g/mol. The van der Waals surface area contributed by atoms with Gasteiger partial charge >= 0.3 is 0 Å². The fraction of sp³-hybridized carbons (Fsp3) is 0.400. The lowest BCUT2D eigenvalue weighted by molar-refractivity contribution is 0.470. The molecule has 0 N–H and O–H groups in total. The summed E-state index contributed by atoms with van der Waals surface area (Å²) in [6.45, 7) is 6.58. The first-order valence-corrected chi connectivity index (χ1v) is 6.43. The summed E-state index contributed by atoms with van der Waals surface area (Å²) in [6.07, 6.45) is 7.60. The molecule has 1 atom stereocenters. The summed E-state index contributed by atoms with van der Waals surface area (Å²) in [6, 6.07) is 5.94. The summed E-state index contributed by atoms with van der Waals surface area (Å²) in [4.78, 5) is 4.53. The van der Waals surface area contributed by atoms with Crippen LogP contribution >= 0.6 is 11.6 Å². The number of hydrogen-bond acceptors (Lipinski definition) is 1. The maximum atomic E-state index is 6.09. The lowest BCUT2D eigenvalue weighted by atomic mass is 9.73. The molecule has 1 unspecified atom stereocenters. The van der Waals surface area contributed by atoms with Crippen LogP contribution in [0, 0.1) is 5.41 Å². The summed E-state index contributed by atoms with van der Waals surface area (Å²) >= 11 is 6.09. The highest BCUT2D eigenvalue weighted by Gasteiger charge is 2.31. The topological polar surface area (TPSA) is 12.4 Å². The van der Waals surface area contributed by atoms with Gasteiger partial charge in [-0.1, -0.05) is 44.5 Å². The van der Waals surface area contributed by atoms with Gasteiger partial charge in [0.05, 0.1) is 5.69 Å². The molecule has 17 heavy (non-hydrogen) atoms. The number of aliphatic imine (C=N–C) groups is 1. The van der Waals surface area contributed by atoms with E-state index in [9.17, 15) is 0 Å². The number of hydrogen-bond donors (Lipinski definition) is 0.